The van der Waals surface area contributed by atoms with Crippen LogP contribution >= 0.6 is 0 Å². The van der Waals surface area contributed by atoms with E-state index in [1.54, 1.807) is 13.8 Å². The van der Waals surface area contributed by atoms with Crippen LogP contribution in [0.2, 0.25) is 0 Å². The zero-order valence-electron chi connectivity index (χ0n) is 12.2. The molecule has 118 valence electrons. The van der Waals surface area contributed by atoms with Crippen molar-refractivity contribution in [3.05, 3.63) is 5.82 Å². The molecule has 1 aliphatic carbocycles. The van der Waals surface area contributed by atoms with E-state index in [1.807, 2.05) is 0 Å². The number of sulfone groups is 1. The van der Waals surface area contributed by atoms with Gasteiger partial charge in [0.15, 0.2) is 0 Å². The zero-order chi connectivity index (χ0) is 15.5. The fourth-order valence-corrected chi connectivity index (χ4v) is 2.69. The fourth-order valence-electron chi connectivity index (χ4n) is 1.72. The van der Waals surface area contributed by atoms with Gasteiger partial charge in [0.05, 0.1) is 12.4 Å². The first-order chi connectivity index (χ1) is 9.97. The summed E-state index contributed by atoms with van der Waals surface area (Å²) in [5.41, 5.74) is 0. The van der Waals surface area contributed by atoms with E-state index in [4.69, 9.17) is 4.74 Å². The minimum atomic E-state index is -3.64. The summed E-state index contributed by atoms with van der Waals surface area (Å²) >= 11 is 0. The minimum Gasteiger partial charge on any atom is -0.381 e. The lowest BCUT2D eigenvalue weighted by Gasteiger charge is -2.02. The largest absolute Gasteiger partial charge is 0.381 e. The van der Waals surface area contributed by atoms with Crippen LogP contribution in [0.25, 0.3) is 0 Å². The summed E-state index contributed by atoms with van der Waals surface area (Å²) in [4.78, 5) is 15.9. The number of aryl methyl sites for hydroxylation is 1. The molecule has 1 aromatic rings. The Bertz CT molecular complexity index is 607. The number of nitrogens with zero attached hydrogens (tertiary/aromatic N) is 3. The van der Waals surface area contributed by atoms with Crippen molar-refractivity contribution < 1.29 is 17.9 Å². The molecule has 0 saturated heterocycles. The van der Waals surface area contributed by atoms with Crippen LogP contribution < -0.4 is 5.32 Å². The van der Waals surface area contributed by atoms with Crippen LogP contribution in [-0.2, 0) is 21.1 Å². The molecule has 0 aliphatic heterocycles. The normalized spacial score (nSPS) is 15.1. The maximum absolute atomic E-state index is 12.1. The molecule has 0 bridgehead atoms. The lowest BCUT2D eigenvalue weighted by atomic mass is 10.5. The van der Waals surface area contributed by atoms with E-state index in [1.165, 1.54) is 4.68 Å². The number of hydrogen-bond donors (Lipinski definition) is 1. The fraction of sp³-hybridized carbons (Fsp3) is 0.750. The highest BCUT2D eigenvalue weighted by Crippen LogP contribution is 2.19. The topological polar surface area (TPSA) is 103 Å². The third-order valence-electron chi connectivity index (χ3n) is 3.05. The van der Waals surface area contributed by atoms with Crippen LogP contribution in [-0.4, -0.2) is 54.1 Å². The predicted molar refractivity (Wildman–Crippen MR) is 74.7 cm³/mol. The van der Waals surface area contributed by atoms with Crippen molar-refractivity contribution in [2.45, 2.75) is 44.4 Å². The summed E-state index contributed by atoms with van der Waals surface area (Å²) in [6.07, 6.45) is 1.90. The van der Waals surface area contributed by atoms with Gasteiger partial charge in [-0.3, -0.25) is 4.79 Å². The molecule has 0 radical (unpaired) electrons. The highest BCUT2D eigenvalue weighted by atomic mass is 32.2. The van der Waals surface area contributed by atoms with Crippen molar-refractivity contribution in [2.24, 2.45) is 0 Å². The first-order valence-electron chi connectivity index (χ1n) is 7.04. The third kappa shape index (κ3) is 4.01. The zero-order valence-corrected chi connectivity index (χ0v) is 13.0. The maximum atomic E-state index is 12.1. The van der Waals surface area contributed by atoms with Crippen molar-refractivity contribution in [2.75, 3.05) is 19.0 Å². The number of carbonyl (C=O) groups excluding carboxylic acids is 1. The molecular weight excluding hydrogens is 296 g/mol. The summed E-state index contributed by atoms with van der Waals surface area (Å²) in [6.45, 7) is 4.47. The average molecular weight is 316 g/mol. The van der Waals surface area contributed by atoms with Crippen molar-refractivity contribution in [1.29, 1.82) is 0 Å². The summed E-state index contributed by atoms with van der Waals surface area (Å²) in [7, 11) is -3.64. The molecule has 0 spiro atoms. The Morgan fingerprint density at radius 2 is 2.14 bits per heavy atom. The van der Waals surface area contributed by atoms with Gasteiger partial charge in [0.1, 0.15) is 0 Å². The van der Waals surface area contributed by atoms with Gasteiger partial charge in [-0.05, 0) is 26.7 Å². The van der Waals surface area contributed by atoms with Crippen LogP contribution in [0.4, 0.5) is 0 Å². The molecule has 0 aromatic carbocycles. The van der Waals surface area contributed by atoms with Crippen molar-refractivity contribution in [1.82, 2.24) is 20.1 Å². The predicted octanol–water partition coefficient (Wildman–Crippen LogP) is 0.000400. The van der Waals surface area contributed by atoms with Crippen LogP contribution in [0.5, 0.6) is 0 Å². The van der Waals surface area contributed by atoms with Crippen molar-refractivity contribution in [3.8, 4) is 0 Å². The molecule has 9 heteroatoms. The molecule has 2 rings (SSSR count). The number of rotatable bonds is 8. The smallest absolute Gasteiger partial charge is 0.289 e. The Hall–Kier alpha value is -1.48. The van der Waals surface area contributed by atoms with Gasteiger partial charge in [-0.15, -0.1) is 5.10 Å². The Balaban J connectivity index is 2.16. The van der Waals surface area contributed by atoms with Gasteiger partial charge in [-0.1, -0.05) is 0 Å². The van der Waals surface area contributed by atoms with Crippen molar-refractivity contribution in [3.63, 3.8) is 0 Å². The minimum absolute atomic E-state index is 0.0411. The van der Waals surface area contributed by atoms with Gasteiger partial charge in [-0.2, -0.15) is 4.98 Å². The molecule has 1 amide bonds. The van der Waals surface area contributed by atoms with Crippen molar-refractivity contribution >= 4 is 15.7 Å². The summed E-state index contributed by atoms with van der Waals surface area (Å²) in [5.74, 6) is -0.532. The van der Waals surface area contributed by atoms with Gasteiger partial charge in [-0.25, -0.2) is 13.1 Å². The van der Waals surface area contributed by atoms with Gasteiger partial charge >= 0.3 is 0 Å². The van der Waals surface area contributed by atoms with Gasteiger partial charge in [0.25, 0.3) is 11.1 Å². The second-order valence-corrected chi connectivity index (χ2v) is 6.80. The Morgan fingerprint density at radius 1 is 1.43 bits per heavy atom. The molecule has 1 aliphatic rings. The molecule has 21 heavy (non-hydrogen) atoms. The maximum Gasteiger partial charge on any atom is 0.289 e. The van der Waals surface area contributed by atoms with Gasteiger partial charge in [0, 0.05) is 19.2 Å². The van der Waals surface area contributed by atoms with E-state index in [2.05, 4.69) is 15.4 Å². The molecule has 1 N–H and O–H groups in total. The van der Waals surface area contributed by atoms with E-state index in [0.717, 1.165) is 12.8 Å². The lowest BCUT2D eigenvalue weighted by molar-refractivity contribution is 0.0935. The number of aromatic nitrogens is 3. The quantitative estimate of drug-likeness (QED) is 0.677. The number of carbonyl (C=O) groups is 1. The molecule has 1 aromatic heterocycles. The average Bonchev–Trinajstić information content (AvgIpc) is 3.13. The number of nitrogens with one attached hydrogen (secondary N) is 1. The highest BCUT2D eigenvalue weighted by molar-refractivity contribution is 7.91. The summed E-state index contributed by atoms with van der Waals surface area (Å²) < 4.78 is 30.5. The highest BCUT2D eigenvalue weighted by Gasteiger charge is 2.29. The van der Waals surface area contributed by atoms with Crippen LogP contribution in [0.15, 0.2) is 5.16 Å². The second-order valence-electron chi connectivity index (χ2n) is 4.80. The molecule has 0 atom stereocenters. The molecule has 0 unspecified atom stereocenters. The second kappa shape index (κ2) is 6.52. The number of amides is 1. The molecule has 8 nitrogen and oxygen atoms in total. The molecule has 1 heterocycles. The van der Waals surface area contributed by atoms with Crippen LogP contribution in [0.3, 0.4) is 0 Å². The summed E-state index contributed by atoms with van der Waals surface area (Å²) in [5, 5.41) is 6.39. The SMILES string of the molecule is CCOCCS(=O)(=O)c1nc(C(=O)NC2CC2)n(CC)n1. The first kappa shape index (κ1) is 15.9. The van der Waals surface area contributed by atoms with E-state index < -0.39 is 9.84 Å². The van der Waals surface area contributed by atoms with Gasteiger partial charge in [0.2, 0.25) is 15.7 Å². The third-order valence-corrected chi connectivity index (χ3v) is 4.48. The monoisotopic (exact) mass is 316 g/mol. The van der Waals surface area contributed by atoms with Gasteiger partial charge < -0.3 is 10.1 Å². The first-order valence-corrected chi connectivity index (χ1v) is 8.69. The molecular formula is C12H20N4O4S. The Labute approximate surface area is 123 Å². The van der Waals surface area contributed by atoms with E-state index >= 15 is 0 Å². The van der Waals surface area contributed by atoms with E-state index in [0.29, 0.717) is 13.2 Å². The molecule has 1 fully saturated rings. The standard InChI is InChI=1S/C12H20N4O4S/c1-3-16-10(11(17)13-9-5-6-9)14-12(15-16)21(18,19)8-7-20-4-2/h9H,3-8H2,1-2H3,(H,13,17). The number of hydrogen-bond acceptors (Lipinski definition) is 6. The summed E-state index contributed by atoms with van der Waals surface area (Å²) in [6, 6.07) is 0.178. The van der Waals surface area contributed by atoms with Crippen LogP contribution in [0.1, 0.15) is 37.3 Å². The molecule has 1 saturated carbocycles. The van der Waals surface area contributed by atoms with Crippen LogP contribution in [0, 0.1) is 0 Å². The van der Waals surface area contributed by atoms with E-state index in [9.17, 15) is 13.2 Å². The Kier molecular flexibility index (Phi) is 4.94. The van der Waals surface area contributed by atoms with E-state index in [-0.39, 0.29) is 35.3 Å². The Morgan fingerprint density at radius 3 is 2.71 bits per heavy atom. The lowest BCUT2D eigenvalue weighted by Crippen LogP contribution is -2.28. The number of ether oxygens (including phenoxy) is 1.